The number of benzene rings is 2. The number of thioether (sulfide) groups is 1. The first-order chi connectivity index (χ1) is 9.90. The number of nitriles is 1. The van der Waals surface area contributed by atoms with Gasteiger partial charge in [0.1, 0.15) is 5.82 Å². The van der Waals surface area contributed by atoms with Crippen molar-refractivity contribution in [1.82, 2.24) is 0 Å². The minimum atomic E-state index is -0.298. The number of hydrogen-bond donors (Lipinski definition) is 0. The van der Waals surface area contributed by atoms with Gasteiger partial charge in [0.15, 0.2) is 0 Å². The lowest BCUT2D eigenvalue weighted by molar-refractivity contribution is 0.590. The van der Waals surface area contributed by atoms with E-state index in [0.29, 0.717) is 11.3 Å². The standard InChI is InChI=1S/C18H18FNS/c1-18(2,3)15-5-8-17(9-6-15)21-12-14-10-16(19)7-4-13(14)11-20/h4-10H,12H2,1-3H3. The molecule has 0 atom stereocenters. The van der Waals surface area contributed by atoms with Gasteiger partial charge in [0.05, 0.1) is 11.6 Å². The van der Waals surface area contributed by atoms with Gasteiger partial charge in [0.2, 0.25) is 0 Å². The van der Waals surface area contributed by atoms with E-state index < -0.39 is 0 Å². The molecule has 0 heterocycles. The highest BCUT2D eigenvalue weighted by atomic mass is 32.2. The Balaban J connectivity index is 2.10. The molecule has 2 aromatic carbocycles. The molecular formula is C18H18FNS. The number of nitrogens with zero attached hydrogens (tertiary/aromatic N) is 1. The van der Waals surface area contributed by atoms with Crippen molar-refractivity contribution in [2.75, 3.05) is 0 Å². The van der Waals surface area contributed by atoms with E-state index in [-0.39, 0.29) is 11.2 Å². The monoisotopic (exact) mass is 299 g/mol. The van der Waals surface area contributed by atoms with Gasteiger partial charge in [-0.1, -0.05) is 32.9 Å². The summed E-state index contributed by atoms with van der Waals surface area (Å²) in [5, 5.41) is 9.05. The molecule has 0 aliphatic carbocycles. The average Bonchev–Trinajstić information content (AvgIpc) is 2.45. The van der Waals surface area contributed by atoms with Gasteiger partial charge in [-0.25, -0.2) is 4.39 Å². The first-order valence-corrected chi connectivity index (χ1v) is 7.80. The lowest BCUT2D eigenvalue weighted by atomic mass is 9.87. The van der Waals surface area contributed by atoms with Gasteiger partial charge >= 0.3 is 0 Å². The highest BCUT2D eigenvalue weighted by molar-refractivity contribution is 7.98. The summed E-state index contributed by atoms with van der Waals surface area (Å²) in [4.78, 5) is 1.12. The predicted octanol–water partition coefficient (Wildman–Crippen LogP) is 5.29. The Bertz CT molecular complexity index is 663. The molecule has 0 radical (unpaired) electrons. The molecule has 0 fully saturated rings. The molecular weight excluding hydrogens is 281 g/mol. The van der Waals surface area contributed by atoms with E-state index >= 15 is 0 Å². The Morgan fingerprint density at radius 3 is 2.33 bits per heavy atom. The third-order valence-electron chi connectivity index (χ3n) is 3.30. The van der Waals surface area contributed by atoms with Gasteiger partial charge in [-0.3, -0.25) is 0 Å². The van der Waals surface area contributed by atoms with Crippen LogP contribution in [0, 0.1) is 17.1 Å². The Kier molecular flexibility index (Phi) is 4.69. The highest BCUT2D eigenvalue weighted by Gasteiger charge is 2.13. The van der Waals surface area contributed by atoms with E-state index in [1.807, 2.05) is 0 Å². The molecule has 2 aromatic rings. The molecule has 0 bridgehead atoms. The molecule has 21 heavy (non-hydrogen) atoms. The van der Waals surface area contributed by atoms with Crippen LogP contribution in [-0.4, -0.2) is 0 Å². The summed E-state index contributed by atoms with van der Waals surface area (Å²) in [6.07, 6.45) is 0. The van der Waals surface area contributed by atoms with Crippen molar-refractivity contribution in [2.24, 2.45) is 0 Å². The number of rotatable bonds is 3. The lowest BCUT2D eigenvalue weighted by Gasteiger charge is -2.19. The fourth-order valence-electron chi connectivity index (χ4n) is 2.00. The first-order valence-electron chi connectivity index (χ1n) is 6.82. The fourth-order valence-corrected chi connectivity index (χ4v) is 2.89. The fraction of sp³-hybridized carbons (Fsp3) is 0.278. The molecule has 0 spiro atoms. The third kappa shape index (κ3) is 4.09. The van der Waals surface area contributed by atoms with Gasteiger partial charge in [0, 0.05) is 10.6 Å². The maximum atomic E-state index is 13.3. The van der Waals surface area contributed by atoms with Crippen LogP contribution < -0.4 is 0 Å². The molecule has 3 heteroatoms. The largest absolute Gasteiger partial charge is 0.207 e. The molecule has 0 saturated heterocycles. The Morgan fingerprint density at radius 2 is 1.76 bits per heavy atom. The SMILES string of the molecule is CC(C)(C)c1ccc(SCc2cc(F)ccc2C#N)cc1. The number of hydrogen-bond acceptors (Lipinski definition) is 2. The van der Waals surface area contributed by atoms with Gasteiger partial charge in [0.25, 0.3) is 0 Å². The molecule has 0 aromatic heterocycles. The highest BCUT2D eigenvalue weighted by Crippen LogP contribution is 2.28. The third-order valence-corrected chi connectivity index (χ3v) is 4.36. The molecule has 2 rings (SSSR count). The average molecular weight is 299 g/mol. The van der Waals surface area contributed by atoms with Crippen LogP contribution in [-0.2, 0) is 11.2 Å². The summed E-state index contributed by atoms with van der Waals surface area (Å²) < 4.78 is 13.3. The van der Waals surface area contributed by atoms with Gasteiger partial charge in [-0.05, 0) is 46.9 Å². The normalized spacial score (nSPS) is 11.2. The van der Waals surface area contributed by atoms with Gasteiger partial charge in [-0.2, -0.15) is 5.26 Å². The number of halogens is 1. The van der Waals surface area contributed by atoms with Gasteiger partial charge < -0.3 is 0 Å². The van der Waals surface area contributed by atoms with Crippen LogP contribution in [0.5, 0.6) is 0 Å². The molecule has 0 saturated carbocycles. The molecule has 0 aliphatic heterocycles. The van der Waals surface area contributed by atoms with Crippen molar-refractivity contribution in [1.29, 1.82) is 5.26 Å². The van der Waals surface area contributed by atoms with Crippen molar-refractivity contribution in [3.8, 4) is 6.07 Å². The molecule has 108 valence electrons. The van der Waals surface area contributed by atoms with Crippen molar-refractivity contribution < 1.29 is 4.39 Å². The lowest BCUT2D eigenvalue weighted by Crippen LogP contribution is -2.10. The summed E-state index contributed by atoms with van der Waals surface area (Å²) >= 11 is 1.61. The smallest absolute Gasteiger partial charge is 0.123 e. The Hall–Kier alpha value is -1.79. The Morgan fingerprint density at radius 1 is 1.10 bits per heavy atom. The summed E-state index contributed by atoms with van der Waals surface area (Å²) in [7, 11) is 0. The second-order valence-corrected chi connectivity index (χ2v) is 7.03. The minimum absolute atomic E-state index is 0.139. The summed E-state index contributed by atoms with van der Waals surface area (Å²) in [5.41, 5.74) is 2.70. The van der Waals surface area contributed by atoms with Crippen molar-refractivity contribution in [2.45, 2.75) is 36.8 Å². The van der Waals surface area contributed by atoms with Crippen molar-refractivity contribution >= 4 is 11.8 Å². The summed E-state index contributed by atoms with van der Waals surface area (Å²) in [5.74, 6) is 0.294. The zero-order valence-corrected chi connectivity index (χ0v) is 13.3. The topological polar surface area (TPSA) is 23.8 Å². The molecule has 1 nitrogen and oxygen atoms in total. The molecule has 0 amide bonds. The van der Waals surface area contributed by atoms with Crippen LogP contribution >= 0.6 is 11.8 Å². The van der Waals surface area contributed by atoms with Gasteiger partial charge in [-0.15, -0.1) is 11.8 Å². The first kappa shape index (κ1) is 15.6. The quantitative estimate of drug-likeness (QED) is 0.719. The van der Waals surface area contributed by atoms with Crippen LogP contribution in [0.3, 0.4) is 0 Å². The molecule has 0 unspecified atom stereocenters. The summed E-state index contributed by atoms with van der Waals surface area (Å²) in [6.45, 7) is 6.54. The van der Waals surface area contributed by atoms with E-state index in [1.54, 1.807) is 11.8 Å². The minimum Gasteiger partial charge on any atom is -0.207 e. The Labute approximate surface area is 129 Å². The van der Waals surface area contributed by atoms with Crippen LogP contribution in [0.25, 0.3) is 0 Å². The van der Waals surface area contributed by atoms with Crippen LogP contribution in [0.1, 0.15) is 37.5 Å². The van der Waals surface area contributed by atoms with Crippen molar-refractivity contribution in [3.05, 3.63) is 65.0 Å². The van der Waals surface area contributed by atoms with E-state index in [9.17, 15) is 4.39 Å². The van der Waals surface area contributed by atoms with E-state index in [2.05, 4.69) is 51.1 Å². The maximum absolute atomic E-state index is 13.3. The second-order valence-electron chi connectivity index (χ2n) is 5.98. The zero-order valence-electron chi connectivity index (χ0n) is 12.5. The van der Waals surface area contributed by atoms with E-state index in [0.717, 1.165) is 10.5 Å². The van der Waals surface area contributed by atoms with Crippen LogP contribution in [0.2, 0.25) is 0 Å². The maximum Gasteiger partial charge on any atom is 0.123 e. The van der Waals surface area contributed by atoms with E-state index in [1.165, 1.54) is 23.8 Å². The molecule has 0 N–H and O–H groups in total. The van der Waals surface area contributed by atoms with Crippen LogP contribution in [0.4, 0.5) is 4.39 Å². The predicted molar refractivity (Wildman–Crippen MR) is 85.8 cm³/mol. The van der Waals surface area contributed by atoms with Crippen molar-refractivity contribution in [3.63, 3.8) is 0 Å². The van der Waals surface area contributed by atoms with Crippen LogP contribution in [0.15, 0.2) is 47.4 Å². The second kappa shape index (κ2) is 6.32. The van der Waals surface area contributed by atoms with E-state index in [4.69, 9.17) is 5.26 Å². The summed E-state index contributed by atoms with van der Waals surface area (Å²) in [6, 6.07) is 14.8. The molecule has 0 aliphatic rings. The zero-order chi connectivity index (χ0) is 15.5.